The largest absolute Gasteiger partial charge is 0.466 e. The fourth-order valence-electron chi connectivity index (χ4n) is 3.46. The van der Waals surface area contributed by atoms with E-state index in [0.717, 1.165) is 0 Å². The molecule has 1 aromatic rings. The molecule has 0 bridgehead atoms. The summed E-state index contributed by atoms with van der Waals surface area (Å²) >= 11 is 0. The predicted molar refractivity (Wildman–Crippen MR) is 86.7 cm³/mol. The molecule has 2 rings (SSSR count). The Morgan fingerprint density at radius 1 is 1.24 bits per heavy atom. The number of Topliss-reactive ketones (excluding diaryl/α,β-unsaturated/α-hetero) is 1. The molecule has 1 N–H and O–H groups in total. The molecule has 0 aromatic carbocycles. The van der Waals surface area contributed by atoms with E-state index < -0.39 is 41.1 Å². The first-order valence-electron chi connectivity index (χ1n) is 8.37. The molecule has 1 aromatic heterocycles. The van der Waals surface area contributed by atoms with Gasteiger partial charge in [0.25, 0.3) is 0 Å². The summed E-state index contributed by atoms with van der Waals surface area (Å²) in [6.45, 7) is 6.62. The maximum atomic E-state index is 12.6. The van der Waals surface area contributed by atoms with Crippen molar-refractivity contribution in [3.05, 3.63) is 23.7 Å². The van der Waals surface area contributed by atoms with E-state index in [2.05, 4.69) is 0 Å². The maximum Gasteiger partial charge on any atom is 0.317 e. The van der Waals surface area contributed by atoms with Crippen LogP contribution in [0.3, 0.4) is 0 Å². The van der Waals surface area contributed by atoms with E-state index in [-0.39, 0.29) is 25.4 Å². The Hall–Kier alpha value is -2.15. The van der Waals surface area contributed by atoms with Gasteiger partial charge in [0.2, 0.25) is 0 Å². The van der Waals surface area contributed by atoms with Crippen molar-refractivity contribution >= 4 is 17.7 Å². The van der Waals surface area contributed by atoms with Gasteiger partial charge in [-0.25, -0.2) is 0 Å². The number of hydrogen-bond acceptors (Lipinski definition) is 7. The summed E-state index contributed by atoms with van der Waals surface area (Å²) in [5.74, 6) is -4.36. The zero-order valence-corrected chi connectivity index (χ0v) is 14.9. The molecule has 1 aliphatic carbocycles. The van der Waals surface area contributed by atoms with Crippen LogP contribution in [0.15, 0.2) is 16.5 Å². The standard InChI is InChI=1S/C18H24O7/c1-5-23-16(20)13-11(19)9-18(4,22)15(17(21)24-6-2)14(13)12-8-7-10(3)25-12/h7-8,13-15,22H,5-6,9H2,1-4H3. The van der Waals surface area contributed by atoms with Gasteiger partial charge in [-0.1, -0.05) is 0 Å². The molecule has 0 saturated heterocycles. The van der Waals surface area contributed by atoms with Crippen molar-refractivity contribution in [3.8, 4) is 0 Å². The summed E-state index contributed by atoms with van der Waals surface area (Å²) in [6, 6.07) is 3.28. The van der Waals surface area contributed by atoms with Crippen LogP contribution in [-0.4, -0.2) is 41.6 Å². The predicted octanol–water partition coefficient (Wildman–Crippen LogP) is 1.75. The van der Waals surface area contributed by atoms with Crippen LogP contribution in [0.5, 0.6) is 0 Å². The molecule has 4 unspecified atom stereocenters. The van der Waals surface area contributed by atoms with E-state index in [0.29, 0.717) is 5.76 Å². The van der Waals surface area contributed by atoms with Crippen molar-refractivity contribution in [2.24, 2.45) is 11.8 Å². The molecule has 0 amide bonds. The van der Waals surface area contributed by atoms with Gasteiger partial charge in [-0.3, -0.25) is 14.4 Å². The molecule has 0 radical (unpaired) electrons. The third kappa shape index (κ3) is 3.76. The molecule has 25 heavy (non-hydrogen) atoms. The first-order valence-corrected chi connectivity index (χ1v) is 8.37. The number of carbonyl (C=O) groups excluding carboxylic acids is 3. The molecular weight excluding hydrogens is 328 g/mol. The van der Waals surface area contributed by atoms with Crippen LogP contribution in [0, 0.1) is 18.8 Å². The number of esters is 2. The van der Waals surface area contributed by atoms with Crippen molar-refractivity contribution < 1.29 is 33.4 Å². The molecule has 1 fully saturated rings. The minimum absolute atomic E-state index is 0.104. The molecule has 0 aliphatic heterocycles. The number of furan rings is 1. The fourth-order valence-corrected chi connectivity index (χ4v) is 3.46. The Kier molecular flexibility index (Phi) is 5.67. The van der Waals surface area contributed by atoms with Crippen LogP contribution in [0.1, 0.15) is 44.6 Å². The van der Waals surface area contributed by atoms with Gasteiger partial charge in [-0.15, -0.1) is 0 Å². The minimum Gasteiger partial charge on any atom is -0.466 e. The van der Waals surface area contributed by atoms with Gasteiger partial charge in [-0.2, -0.15) is 0 Å². The SMILES string of the molecule is CCOC(=O)C1C(=O)CC(C)(O)C(C(=O)OCC)C1c1ccc(C)o1. The van der Waals surface area contributed by atoms with E-state index in [9.17, 15) is 19.5 Å². The summed E-state index contributed by atoms with van der Waals surface area (Å²) in [6.07, 6.45) is -0.337. The summed E-state index contributed by atoms with van der Waals surface area (Å²) in [5.41, 5.74) is -1.66. The number of aliphatic hydroxyl groups is 1. The number of rotatable bonds is 5. The highest BCUT2D eigenvalue weighted by Crippen LogP contribution is 2.47. The van der Waals surface area contributed by atoms with Crippen LogP contribution in [-0.2, 0) is 23.9 Å². The maximum absolute atomic E-state index is 12.6. The van der Waals surface area contributed by atoms with Gasteiger partial charge >= 0.3 is 11.9 Å². The highest BCUT2D eigenvalue weighted by molar-refractivity contribution is 6.02. The number of ether oxygens (including phenoxy) is 2. The molecular formula is C18H24O7. The van der Waals surface area contributed by atoms with Gasteiger partial charge in [0, 0.05) is 6.42 Å². The van der Waals surface area contributed by atoms with Crippen LogP contribution < -0.4 is 0 Å². The number of hydrogen-bond donors (Lipinski definition) is 1. The van der Waals surface area contributed by atoms with Crippen LogP contribution in [0.4, 0.5) is 0 Å². The molecule has 7 heteroatoms. The third-order valence-corrected chi connectivity index (χ3v) is 4.44. The Morgan fingerprint density at radius 2 is 1.84 bits per heavy atom. The zero-order valence-electron chi connectivity index (χ0n) is 14.9. The Balaban J connectivity index is 2.56. The van der Waals surface area contributed by atoms with Crippen LogP contribution in [0.2, 0.25) is 0 Å². The second-order valence-corrected chi connectivity index (χ2v) is 6.43. The van der Waals surface area contributed by atoms with Gasteiger partial charge < -0.3 is 19.0 Å². The third-order valence-electron chi connectivity index (χ3n) is 4.44. The zero-order chi connectivity index (χ0) is 18.8. The second-order valence-electron chi connectivity index (χ2n) is 6.43. The van der Waals surface area contributed by atoms with Crippen molar-refractivity contribution in [1.82, 2.24) is 0 Å². The van der Waals surface area contributed by atoms with E-state index in [4.69, 9.17) is 13.9 Å². The second kappa shape index (κ2) is 7.39. The van der Waals surface area contributed by atoms with Crippen molar-refractivity contribution in [2.45, 2.75) is 45.6 Å². The van der Waals surface area contributed by atoms with Crippen molar-refractivity contribution in [2.75, 3.05) is 13.2 Å². The smallest absolute Gasteiger partial charge is 0.317 e. The Bertz CT molecular complexity index is 658. The number of ketones is 1. The average Bonchev–Trinajstić information content (AvgIpc) is 2.92. The highest BCUT2D eigenvalue weighted by atomic mass is 16.5. The lowest BCUT2D eigenvalue weighted by molar-refractivity contribution is -0.173. The minimum atomic E-state index is -1.66. The fraction of sp³-hybridized carbons (Fsp3) is 0.611. The van der Waals surface area contributed by atoms with Gasteiger partial charge in [-0.05, 0) is 39.8 Å². The first-order chi connectivity index (χ1) is 11.7. The molecule has 138 valence electrons. The van der Waals surface area contributed by atoms with Crippen molar-refractivity contribution in [3.63, 3.8) is 0 Å². The van der Waals surface area contributed by atoms with E-state index in [1.165, 1.54) is 6.92 Å². The number of carbonyl (C=O) groups is 3. The topological polar surface area (TPSA) is 103 Å². The first kappa shape index (κ1) is 19.2. The van der Waals surface area contributed by atoms with Crippen LogP contribution >= 0.6 is 0 Å². The van der Waals surface area contributed by atoms with Gasteiger partial charge in [0.05, 0.1) is 30.7 Å². The van der Waals surface area contributed by atoms with Crippen LogP contribution in [0.25, 0.3) is 0 Å². The van der Waals surface area contributed by atoms with Gasteiger partial charge in [0.1, 0.15) is 17.4 Å². The molecule has 1 saturated carbocycles. The normalized spacial score (nSPS) is 29.3. The van der Waals surface area contributed by atoms with Crippen molar-refractivity contribution in [1.29, 1.82) is 0 Å². The molecule has 1 aliphatic rings. The lowest BCUT2D eigenvalue weighted by Gasteiger charge is -2.42. The molecule has 1 heterocycles. The lowest BCUT2D eigenvalue weighted by atomic mass is 9.63. The van der Waals surface area contributed by atoms with E-state index in [1.54, 1.807) is 32.9 Å². The Labute approximate surface area is 146 Å². The average molecular weight is 352 g/mol. The van der Waals surface area contributed by atoms with Gasteiger partial charge in [0.15, 0.2) is 5.78 Å². The lowest BCUT2D eigenvalue weighted by Crippen LogP contribution is -2.55. The van der Waals surface area contributed by atoms with E-state index in [1.807, 2.05) is 0 Å². The summed E-state index contributed by atoms with van der Waals surface area (Å²) < 4.78 is 15.7. The summed E-state index contributed by atoms with van der Waals surface area (Å²) in [7, 11) is 0. The summed E-state index contributed by atoms with van der Waals surface area (Å²) in [5, 5.41) is 10.8. The molecule has 7 nitrogen and oxygen atoms in total. The quantitative estimate of drug-likeness (QED) is 0.636. The molecule has 0 spiro atoms. The highest BCUT2D eigenvalue weighted by Gasteiger charge is 2.58. The molecule has 4 atom stereocenters. The van der Waals surface area contributed by atoms with E-state index >= 15 is 0 Å². The monoisotopic (exact) mass is 352 g/mol. The Morgan fingerprint density at radius 3 is 2.36 bits per heavy atom. The number of aryl methyl sites for hydroxylation is 1. The summed E-state index contributed by atoms with van der Waals surface area (Å²) in [4.78, 5) is 37.6.